The van der Waals surface area contributed by atoms with Crippen LogP contribution in [0.15, 0.2) is 0 Å². The number of cyclic esters (lactones) is 1. The van der Waals surface area contributed by atoms with E-state index in [-0.39, 0.29) is 17.8 Å². The average molecular weight is 220 g/mol. The lowest BCUT2D eigenvalue weighted by Gasteiger charge is -2.21. The maximum Gasteiger partial charge on any atom is 0.328 e. The first-order valence-corrected chi connectivity index (χ1v) is 5.04. The monoisotopic (exact) mass is 219 g/mol. The van der Waals surface area contributed by atoms with Crippen LogP contribution in [-0.2, 0) is 14.3 Å². The van der Waals surface area contributed by atoms with Gasteiger partial charge in [-0.25, -0.2) is 4.79 Å². The highest BCUT2D eigenvalue weighted by molar-refractivity contribution is 6.19. The molecule has 1 aliphatic rings. The van der Waals surface area contributed by atoms with Crippen LogP contribution in [0.4, 0.5) is 0 Å². The standard InChI is InChI=1S/C9H14ClNO3/c1-9(2,5-10)8(13)11-6-3-4-14-7(6)12/h6H,3-5H2,1-2H3,(H,11,13). The molecule has 1 atom stereocenters. The molecule has 0 aromatic heterocycles. The summed E-state index contributed by atoms with van der Waals surface area (Å²) in [5.41, 5.74) is -0.648. The predicted molar refractivity (Wildman–Crippen MR) is 52.0 cm³/mol. The molecule has 1 rings (SSSR count). The Balaban J connectivity index is 2.52. The minimum Gasteiger partial charge on any atom is -0.464 e. The highest BCUT2D eigenvalue weighted by atomic mass is 35.5. The second-order valence-corrected chi connectivity index (χ2v) is 4.27. The number of ether oxygens (including phenoxy) is 1. The quantitative estimate of drug-likeness (QED) is 0.561. The molecule has 1 amide bonds. The molecule has 0 bridgehead atoms. The Hall–Kier alpha value is -0.770. The Morgan fingerprint density at radius 1 is 1.71 bits per heavy atom. The summed E-state index contributed by atoms with van der Waals surface area (Å²) in [6, 6.07) is -0.495. The Bertz CT molecular complexity index is 252. The maximum atomic E-state index is 11.6. The number of carbonyl (C=O) groups excluding carboxylic acids is 2. The minimum atomic E-state index is -0.648. The zero-order chi connectivity index (χ0) is 10.8. The van der Waals surface area contributed by atoms with Crippen LogP contribution < -0.4 is 5.32 Å². The second-order valence-electron chi connectivity index (χ2n) is 4.00. The van der Waals surface area contributed by atoms with Gasteiger partial charge in [0, 0.05) is 12.3 Å². The van der Waals surface area contributed by atoms with Crippen molar-refractivity contribution in [1.82, 2.24) is 5.32 Å². The summed E-state index contributed by atoms with van der Waals surface area (Å²) < 4.78 is 4.73. The number of amides is 1. The van der Waals surface area contributed by atoms with Crippen LogP contribution in [0.25, 0.3) is 0 Å². The van der Waals surface area contributed by atoms with Gasteiger partial charge in [0.1, 0.15) is 6.04 Å². The van der Waals surface area contributed by atoms with Crippen LogP contribution in [0.1, 0.15) is 20.3 Å². The summed E-state index contributed by atoms with van der Waals surface area (Å²) in [7, 11) is 0. The topological polar surface area (TPSA) is 55.4 Å². The zero-order valence-corrected chi connectivity index (χ0v) is 9.06. The van der Waals surface area contributed by atoms with Crippen molar-refractivity contribution in [2.45, 2.75) is 26.3 Å². The second kappa shape index (κ2) is 4.17. The predicted octanol–water partition coefficient (Wildman–Crippen LogP) is 0.683. The third kappa shape index (κ3) is 2.38. The van der Waals surface area contributed by atoms with E-state index in [9.17, 15) is 9.59 Å². The van der Waals surface area contributed by atoms with Crippen LogP contribution >= 0.6 is 11.6 Å². The van der Waals surface area contributed by atoms with Crippen LogP contribution in [0.3, 0.4) is 0 Å². The molecule has 1 saturated heterocycles. The molecule has 1 heterocycles. The van der Waals surface area contributed by atoms with Crippen molar-refractivity contribution in [2.24, 2.45) is 5.41 Å². The van der Waals surface area contributed by atoms with Gasteiger partial charge in [-0.1, -0.05) is 0 Å². The van der Waals surface area contributed by atoms with E-state index >= 15 is 0 Å². The molecular formula is C9H14ClNO3. The van der Waals surface area contributed by atoms with Crippen molar-refractivity contribution in [1.29, 1.82) is 0 Å². The molecule has 0 aliphatic carbocycles. The summed E-state index contributed by atoms with van der Waals surface area (Å²) in [5, 5.41) is 2.62. The number of esters is 1. The summed E-state index contributed by atoms with van der Waals surface area (Å²) in [6.45, 7) is 3.84. The van der Waals surface area contributed by atoms with Gasteiger partial charge in [-0.3, -0.25) is 4.79 Å². The first-order valence-electron chi connectivity index (χ1n) is 4.51. The lowest BCUT2D eigenvalue weighted by atomic mass is 9.95. The number of hydrogen-bond acceptors (Lipinski definition) is 3. The lowest BCUT2D eigenvalue weighted by Crippen LogP contribution is -2.45. The van der Waals surface area contributed by atoms with Gasteiger partial charge >= 0.3 is 5.97 Å². The minimum absolute atomic E-state index is 0.212. The van der Waals surface area contributed by atoms with E-state index in [0.29, 0.717) is 13.0 Å². The fourth-order valence-electron chi connectivity index (χ4n) is 1.04. The molecule has 1 aliphatic heterocycles. The molecule has 0 aromatic carbocycles. The number of carbonyl (C=O) groups is 2. The van der Waals surface area contributed by atoms with E-state index in [1.165, 1.54) is 0 Å². The summed E-state index contributed by atoms with van der Waals surface area (Å²) >= 11 is 5.63. The van der Waals surface area contributed by atoms with Gasteiger partial charge in [0.15, 0.2) is 0 Å². The Kier molecular flexibility index (Phi) is 3.37. The van der Waals surface area contributed by atoms with Gasteiger partial charge in [0.25, 0.3) is 0 Å². The van der Waals surface area contributed by atoms with Crippen molar-refractivity contribution in [3.63, 3.8) is 0 Å². The number of alkyl halides is 1. The molecule has 0 aromatic rings. The Labute approximate surface area is 87.9 Å². The maximum absolute atomic E-state index is 11.6. The Morgan fingerprint density at radius 3 is 2.79 bits per heavy atom. The van der Waals surface area contributed by atoms with Crippen LogP contribution in [0, 0.1) is 5.41 Å². The smallest absolute Gasteiger partial charge is 0.328 e. The van der Waals surface area contributed by atoms with E-state index in [4.69, 9.17) is 16.3 Å². The fraction of sp³-hybridized carbons (Fsp3) is 0.778. The molecule has 14 heavy (non-hydrogen) atoms. The molecule has 0 saturated carbocycles. The number of nitrogens with one attached hydrogen (secondary N) is 1. The third-order valence-electron chi connectivity index (χ3n) is 2.19. The van der Waals surface area contributed by atoms with E-state index in [1.807, 2.05) is 0 Å². The van der Waals surface area contributed by atoms with E-state index in [0.717, 1.165) is 0 Å². The van der Waals surface area contributed by atoms with Gasteiger partial charge < -0.3 is 10.1 Å². The summed E-state index contributed by atoms with van der Waals surface area (Å²) in [4.78, 5) is 22.6. The number of rotatable bonds is 3. The van der Waals surface area contributed by atoms with Crippen molar-refractivity contribution < 1.29 is 14.3 Å². The number of halogens is 1. The fourth-order valence-corrected chi connectivity index (χ4v) is 1.16. The molecule has 1 unspecified atom stereocenters. The summed E-state index contributed by atoms with van der Waals surface area (Å²) in [6.07, 6.45) is 0.545. The highest BCUT2D eigenvalue weighted by Gasteiger charge is 2.33. The first kappa shape index (κ1) is 11.3. The Morgan fingerprint density at radius 2 is 2.36 bits per heavy atom. The van der Waals surface area contributed by atoms with Crippen molar-refractivity contribution in [3.05, 3.63) is 0 Å². The van der Waals surface area contributed by atoms with Crippen LogP contribution in [0.5, 0.6) is 0 Å². The SMILES string of the molecule is CC(C)(CCl)C(=O)NC1CCOC1=O. The van der Waals surface area contributed by atoms with Gasteiger partial charge in [0.2, 0.25) is 5.91 Å². The van der Waals surface area contributed by atoms with Gasteiger partial charge in [0.05, 0.1) is 12.0 Å². The van der Waals surface area contributed by atoms with Gasteiger partial charge in [-0.15, -0.1) is 11.6 Å². The molecule has 4 nitrogen and oxygen atoms in total. The molecule has 80 valence electrons. The zero-order valence-electron chi connectivity index (χ0n) is 8.30. The third-order valence-corrected chi connectivity index (χ3v) is 2.86. The largest absolute Gasteiger partial charge is 0.464 e. The molecule has 1 N–H and O–H groups in total. The first-order chi connectivity index (χ1) is 6.47. The van der Waals surface area contributed by atoms with E-state index < -0.39 is 11.5 Å². The van der Waals surface area contributed by atoms with Crippen molar-refractivity contribution >= 4 is 23.5 Å². The lowest BCUT2D eigenvalue weighted by molar-refractivity contribution is -0.142. The van der Waals surface area contributed by atoms with Crippen LogP contribution in [0.2, 0.25) is 0 Å². The number of hydrogen-bond donors (Lipinski definition) is 1. The summed E-state index contributed by atoms with van der Waals surface area (Å²) in [5.74, 6) is -0.347. The van der Waals surface area contributed by atoms with E-state index in [1.54, 1.807) is 13.8 Å². The molecule has 0 radical (unpaired) electrons. The van der Waals surface area contributed by atoms with Crippen LogP contribution in [-0.4, -0.2) is 30.4 Å². The van der Waals surface area contributed by atoms with Gasteiger partial charge in [-0.05, 0) is 13.8 Å². The van der Waals surface area contributed by atoms with Crippen molar-refractivity contribution in [3.8, 4) is 0 Å². The normalized spacial score (nSPS) is 21.9. The van der Waals surface area contributed by atoms with Crippen molar-refractivity contribution in [2.75, 3.05) is 12.5 Å². The van der Waals surface area contributed by atoms with E-state index in [2.05, 4.69) is 5.32 Å². The molecule has 1 fully saturated rings. The van der Waals surface area contributed by atoms with Gasteiger partial charge in [-0.2, -0.15) is 0 Å². The molecular weight excluding hydrogens is 206 g/mol. The molecule has 0 spiro atoms. The average Bonchev–Trinajstić information content (AvgIpc) is 2.52. The highest BCUT2D eigenvalue weighted by Crippen LogP contribution is 2.18. The molecule has 5 heteroatoms.